The van der Waals surface area contributed by atoms with Gasteiger partial charge in [-0.25, -0.2) is 0 Å². The quantitative estimate of drug-likeness (QED) is 0.699. The Labute approximate surface area is 122 Å². The summed E-state index contributed by atoms with van der Waals surface area (Å²) in [5, 5.41) is 13.3. The van der Waals surface area contributed by atoms with Crippen molar-refractivity contribution >= 4 is 0 Å². The van der Waals surface area contributed by atoms with E-state index >= 15 is 0 Å². The Morgan fingerprint density at radius 3 is 3.00 bits per heavy atom. The molecule has 20 heavy (non-hydrogen) atoms. The van der Waals surface area contributed by atoms with Crippen molar-refractivity contribution in [3.63, 3.8) is 0 Å². The first-order valence-electron chi connectivity index (χ1n) is 7.97. The van der Waals surface area contributed by atoms with Crippen molar-refractivity contribution in [2.45, 2.75) is 44.8 Å². The van der Waals surface area contributed by atoms with E-state index in [2.05, 4.69) is 24.4 Å². The summed E-state index contributed by atoms with van der Waals surface area (Å²) in [5.74, 6) is 1.29. The minimum absolute atomic E-state index is 0.391. The Balaban J connectivity index is 1.53. The lowest BCUT2D eigenvalue weighted by Crippen LogP contribution is -2.42. The number of ether oxygens (including phenoxy) is 2. The van der Waals surface area contributed by atoms with Crippen LogP contribution >= 0.6 is 0 Å². The number of hydrogen-bond acceptors (Lipinski definition) is 4. The average Bonchev–Trinajstić information content (AvgIpc) is 2.48. The van der Waals surface area contributed by atoms with Gasteiger partial charge in [-0.15, -0.1) is 0 Å². The standard InChI is InChI=1S/C16H29NO3/c1-13-5-2-3-6-14(13)10-20-12-16(18)9-17-15-7-4-8-19-11-15/h2-3,13-18H,4-12H2,1H3. The molecule has 0 bridgehead atoms. The summed E-state index contributed by atoms with van der Waals surface area (Å²) >= 11 is 0. The summed E-state index contributed by atoms with van der Waals surface area (Å²) in [6.45, 7) is 5.69. The zero-order valence-electron chi connectivity index (χ0n) is 12.6. The van der Waals surface area contributed by atoms with Gasteiger partial charge in [0.25, 0.3) is 0 Å². The monoisotopic (exact) mass is 283 g/mol. The van der Waals surface area contributed by atoms with Crippen molar-refractivity contribution in [2.75, 3.05) is 33.0 Å². The number of allylic oxidation sites excluding steroid dienone is 2. The summed E-state index contributed by atoms with van der Waals surface area (Å²) in [4.78, 5) is 0. The van der Waals surface area contributed by atoms with Crippen LogP contribution in [0.15, 0.2) is 12.2 Å². The fourth-order valence-electron chi connectivity index (χ4n) is 2.86. The molecule has 0 aromatic heterocycles. The second-order valence-electron chi connectivity index (χ2n) is 6.19. The highest BCUT2D eigenvalue weighted by molar-refractivity contribution is 4.93. The van der Waals surface area contributed by atoms with E-state index in [4.69, 9.17) is 9.47 Å². The summed E-state index contributed by atoms with van der Waals surface area (Å²) < 4.78 is 11.1. The molecule has 0 aromatic carbocycles. The predicted molar refractivity (Wildman–Crippen MR) is 79.7 cm³/mol. The van der Waals surface area contributed by atoms with Gasteiger partial charge in [0, 0.05) is 19.2 Å². The van der Waals surface area contributed by atoms with E-state index in [1.54, 1.807) is 0 Å². The molecule has 2 aliphatic rings. The Morgan fingerprint density at radius 2 is 2.25 bits per heavy atom. The molecule has 0 amide bonds. The zero-order valence-corrected chi connectivity index (χ0v) is 12.6. The molecular formula is C16H29NO3. The van der Waals surface area contributed by atoms with E-state index in [0.29, 0.717) is 31.0 Å². The molecule has 0 spiro atoms. The Bertz CT molecular complexity index is 289. The van der Waals surface area contributed by atoms with Crippen LogP contribution in [0.2, 0.25) is 0 Å². The van der Waals surface area contributed by atoms with Gasteiger partial charge < -0.3 is 19.9 Å². The summed E-state index contributed by atoms with van der Waals surface area (Å²) in [6, 6.07) is 0.391. The van der Waals surface area contributed by atoms with Crippen LogP contribution in [-0.4, -0.2) is 50.2 Å². The maximum absolute atomic E-state index is 9.93. The molecule has 1 heterocycles. The lowest BCUT2D eigenvalue weighted by Gasteiger charge is -2.26. The number of aliphatic hydroxyl groups excluding tert-OH is 1. The predicted octanol–water partition coefficient (Wildman–Crippen LogP) is 1.73. The molecule has 4 nitrogen and oxygen atoms in total. The van der Waals surface area contributed by atoms with Crippen molar-refractivity contribution in [1.82, 2.24) is 5.32 Å². The van der Waals surface area contributed by atoms with Gasteiger partial charge in [-0.1, -0.05) is 19.1 Å². The van der Waals surface area contributed by atoms with Crippen LogP contribution < -0.4 is 5.32 Å². The third-order valence-corrected chi connectivity index (χ3v) is 4.36. The van der Waals surface area contributed by atoms with Gasteiger partial charge in [0.1, 0.15) is 0 Å². The van der Waals surface area contributed by atoms with Gasteiger partial charge in [0.2, 0.25) is 0 Å². The van der Waals surface area contributed by atoms with Crippen LogP contribution in [0.25, 0.3) is 0 Å². The molecule has 0 radical (unpaired) electrons. The summed E-state index contributed by atoms with van der Waals surface area (Å²) in [7, 11) is 0. The highest BCUT2D eigenvalue weighted by atomic mass is 16.5. The fraction of sp³-hybridized carbons (Fsp3) is 0.875. The number of rotatable bonds is 7. The molecule has 4 heteroatoms. The van der Waals surface area contributed by atoms with Crippen molar-refractivity contribution in [1.29, 1.82) is 0 Å². The van der Waals surface area contributed by atoms with Crippen molar-refractivity contribution in [3.05, 3.63) is 12.2 Å². The van der Waals surface area contributed by atoms with E-state index < -0.39 is 6.10 Å². The second-order valence-corrected chi connectivity index (χ2v) is 6.19. The third-order valence-electron chi connectivity index (χ3n) is 4.36. The molecule has 0 saturated carbocycles. The number of nitrogens with one attached hydrogen (secondary N) is 1. The van der Waals surface area contributed by atoms with E-state index in [1.807, 2.05) is 0 Å². The largest absolute Gasteiger partial charge is 0.389 e. The normalized spacial score (nSPS) is 32.2. The molecule has 1 fully saturated rings. The Morgan fingerprint density at radius 1 is 1.40 bits per heavy atom. The van der Waals surface area contributed by atoms with Gasteiger partial charge in [-0.3, -0.25) is 0 Å². The lowest BCUT2D eigenvalue weighted by atomic mass is 9.85. The van der Waals surface area contributed by atoms with Crippen LogP contribution in [0, 0.1) is 11.8 Å². The van der Waals surface area contributed by atoms with Gasteiger partial charge >= 0.3 is 0 Å². The highest BCUT2D eigenvalue weighted by Gasteiger charge is 2.19. The minimum Gasteiger partial charge on any atom is -0.389 e. The molecule has 0 aromatic rings. The van der Waals surface area contributed by atoms with Gasteiger partial charge in [-0.2, -0.15) is 0 Å². The molecule has 4 atom stereocenters. The van der Waals surface area contributed by atoms with Crippen LogP contribution in [0.1, 0.15) is 32.6 Å². The van der Waals surface area contributed by atoms with Crippen LogP contribution in [-0.2, 0) is 9.47 Å². The number of aliphatic hydroxyl groups is 1. The Kier molecular flexibility index (Phi) is 7.00. The molecule has 4 unspecified atom stereocenters. The summed E-state index contributed by atoms with van der Waals surface area (Å²) in [5.41, 5.74) is 0. The first kappa shape index (κ1) is 16.0. The van der Waals surface area contributed by atoms with E-state index in [-0.39, 0.29) is 0 Å². The fourth-order valence-corrected chi connectivity index (χ4v) is 2.86. The molecule has 2 rings (SSSR count). The summed E-state index contributed by atoms with van der Waals surface area (Å²) in [6.07, 6.45) is 8.58. The topological polar surface area (TPSA) is 50.7 Å². The van der Waals surface area contributed by atoms with Crippen LogP contribution in [0.3, 0.4) is 0 Å². The molecule has 1 saturated heterocycles. The van der Waals surface area contributed by atoms with Gasteiger partial charge in [0.15, 0.2) is 0 Å². The van der Waals surface area contributed by atoms with E-state index in [0.717, 1.165) is 45.5 Å². The SMILES string of the molecule is CC1CC=CCC1COCC(O)CNC1CCCOC1. The second kappa shape index (κ2) is 8.78. The van der Waals surface area contributed by atoms with Crippen LogP contribution in [0.4, 0.5) is 0 Å². The van der Waals surface area contributed by atoms with Crippen LogP contribution in [0.5, 0.6) is 0 Å². The highest BCUT2D eigenvalue weighted by Crippen LogP contribution is 2.24. The molecule has 2 N–H and O–H groups in total. The third kappa shape index (κ3) is 5.52. The van der Waals surface area contributed by atoms with Crippen molar-refractivity contribution in [2.24, 2.45) is 11.8 Å². The van der Waals surface area contributed by atoms with Gasteiger partial charge in [0.05, 0.1) is 25.9 Å². The maximum Gasteiger partial charge on any atom is 0.0897 e. The molecule has 116 valence electrons. The lowest BCUT2D eigenvalue weighted by molar-refractivity contribution is 0.00750. The first-order valence-corrected chi connectivity index (χ1v) is 7.97. The van der Waals surface area contributed by atoms with E-state index in [1.165, 1.54) is 0 Å². The smallest absolute Gasteiger partial charge is 0.0897 e. The zero-order chi connectivity index (χ0) is 14.2. The molecule has 1 aliphatic carbocycles. The van der Waals surface area contributed by atoms with Crippen molar-refractivity contribution in [3.8, 4) is 0 Å². The van der Waals surface area contributed by atoms with Crippen molar-refractivity contribution < 1.29 is 14.6 Å². The Hall–Kier alpha value is -0.420. The minimum atomic E-state index is -0.425. The average molecular weight is 283 g/mol. The van der Waals surface area contributed by atoms with E-state index in [9.17, 15) is 5.11 Å². The molecule has 1 aliphatic heterocycles. The number of hydrogen-bond donors (Lipinski definition) is 2. The first-order chi connectivity index (χ1) is 9.75. The molecular weight excluding hydrogens is 254 g/mol. The maximum atomic E-state index is 9.93. The van der Waals surface area contributed by atoms with Gasteiger partial charge in [-0.05, 0) is 37.5 Å².